The summed E-state index contributed by atoms with van der Waals surface area (Å²) in [5.41, 5.74) is 2.15. The zero-order valence-electron chi connectivity index (χ0n) is 18.2. The van der Waals surface area contributed by atoms with Crippen molar-refractivity contribution >= 4 is 39.2 Å². The maximum Gasteiger partial charge on any atom is 0.333 e. The van der Waals surface area contributed by atoms with E-state index in [2.05, 4.69) is 26.3 Å². The lowest BCUT2D eigenvalue weighted by molar-refractivity contribution is 0.100. The summed E-state index contributed by atoms with van der Waals surface area (Å²) in [6.07, 6.45) is 3.75. The molecule has 0 unspecified atom stereocenters. The highest BCUT2D eigenvalue weighted by Crippen LogP contribution is 2.35. The number of ketones is 1. The third-order valence-corrected chi connectivity index (χ3v) is 8.27. The standard InChI is InChI=1S/C23H25N3O5S3/c24-34(29,30)31-11-17-6-15(8-21(17)27)7-20-19(10-25-14-26-20)23(28)22-9-16(13-33-22)12-32-18-4-2-1-3-5-18/h1-5,9-10,13-15,17,21,27H,6-8,11-12H2,(H2,24,29,30)/t15-,17+,21-/m0/s1. The number of benzene rings is 1. The van der Waals surface area contributed by atoms with E-state index >= 15 is 0 Å². The SMILES string of the molecule is NS(=O)(=O)OC[C@H]1C[C@@H](Cc2ncncc2C(=O)c2cc(CSc3ccccc3)cs2)C[C@@H]1O. The van der Waals surface area contributed by atoms with Gasteiger partial charge in [-0.05, 0) is 54.3 Å². The number of hydrogen-bond acceptors (Lipinski definition) is 9. The summed E-state index contributed by atoms with van der Waals surface area (Å²) in [5.74, 6) is 0.343. The normalized spacial score (nSPS) is 20.5. The first-order chi connectivity index (χ1) is 16.3. The molecule has 0 saturated heterocycles. The van der Waals surface area contributed by atoms with E-state index in [-0.39, 0.29) is 24.2 Å². The summed E-state index contributed by atoms with van der Waals surface area (Å²) in [4.78, 5) is 23.4. The van der Waals surface area contributed by atoms with Crippen molar-refractivity contribution in [3.8, 4) is 0 Å². The molecule has 0 amide bonds. The second-order valence-electron chi connectivity index (χ2n) is 8.28. The molecule has 1 aliphatic carbocycles. The molecule has 4 rings (SSSR count). The number of nitrogens with zero attached hydrogens (tertiary/aromatic N) is 2. The van der Waals surface area contributed by atoms with Crippen LogP contribution in [0.2, 0.25) is 0 Å². The summed E-state index contributed by atoms with van der Waals surface area (Å²) in [7, 11) is -4.05. The Bertz CT molecular complexity index is 1230. The van der Waals surface area contributed by atoms with Crippen LogP contribution in [0.1, 0.15) is 39.3 Å². The van der Waals surface area contributed by atoms with Gasteiger partial charge in [-0.3, -0.25) is 8.98 Å². The molecule has 3 atom stereocenters. The largest absolute Gasteiger partial charge is 0.393 e. The number of carbonyl (C=O) groups excluding carboxylic acids is 1. The van der Waals surface area contributed by atoms with Gasteiger partial charge in [0, 0.05) is 22.8 Å². The Morgan fingerprint density at radius 1 is 1.26 bits per heavy atom. The van der Waals surface area contributed by atoms with E-state index in [0.717, 1.165) is 11.3 Å². The van der Waals surface area contributed by atoms with Crippen LogP contribution in [0.5, 0.6) is 0 Å². The lowest BCUT2D eigenvalue weighted by Crippen LogP contribution is -2.24. The van der Waals surface area contributed by atoms with Crippen molar-refractivity contribution in [2.24, 2.45) is 17.0 Å². The molecule has 0 radical (unpaired) electrons. The van der Waals surface area contributed by atoms with Crippen LogP contribution >= 0.6 is 23.1 Å². The van der Waals surface area contributed by atoms with Crippen LogP contribution in [0, 0.1) is 11.8 Å². The van der Waals surface area contributed by atoms with Crippen LogP contribution in [0.15, 0.2) is 59.2 Å². The summed E-state index contributed by atoms with van der Waals surface area (Å²) >= 11 is 3.12. The molecule has 2 aromatic heterocycles. The summed E-state index contributed by atoms with van der Waals surface area (Å²) in [5, 5.41) is 17.2. The van der Waals surface area contributed by atoms with Gasteiger partial charge in [0.05, 0.1) is 28.8 Å². The topological polar surface area (TPSA) is 132 Å². The lowest BCUT2D eigenvalue weighted by atomic mass is 9.96. The maximum atomic E-state index is 13.2. The van der Waals surface area contributed by atoms with E-state index in [9.17, 15) is 18.3 Å². The number of thioether (sulfide) groups is 1. The molecule has 1 saturated carbocycles. The molecule has 8 nitrogen and oxygen atoms in total. The number of thiophene rings is 1. The molecule has 1 aromatic carbocycles. The average Bonchev–Trinajstić information content (AvgIpc) is 3.43. The number of nitrogens with two attached hydrogens (primary N) is 1. The Hall–Kier alpha value is -2.15. The van der Waals surface area contributed by atoms with Crippen LogP contribution < -0.4 is 5.14 Å². The fourth-order valence-corrected chi connectivity index (χ4v) is 6.30. The molecule has 0 aliphatic heterocycles. The van der Waals surface area contributed by atoms with E-state index < -0.39 is 16.4 Å². The molecule has 3 N–H and O–H groups in total. The smallest absolute Gasteiger partial charge is 0.333 e. The van der Waals surface area contributed by atoms with E-state index in [1.807, 2.05) is 29.6 Å². The van der Waals surface area contributed by atoms with Crippen molar-refractivity contribution < 1.29 is 22.5 Å². The number of aliphatic hydroxyl groups excluding tert-OH is 1. The minimum Gasteiger partial charge on any atom is -0.393 e. The monoisotopic (exact) mass is 519 g/mol. The minimum absolute atomic E-state index is 0.0340. The lowest BCUT2D eigenvalue weighted by Gasteiger charge is -2.13. The Balaban J connectivity index is 1.40. The molecule has 1 aliphatic rings. The Morgan fingerprint density at radius 2 is 2.06 bits per heavy atom. The highest BCUT2D eigenvalue weighted by atomic mass is 32.2. The number of carbonyl (C=O) groups is 1. The van der Waals surface area contributed by atoms with Gasteiger partial charge in [-0.2, -0.15) is 8.42 Å². The van der Waals surface area contributed by atoms with Crippen molar-refractivity contribution in [1.29, 1.82) is 0 Å². The molecule has 1 fully saturated rings. The maximum absolute atomic E-state index is 13.2. The zero-order chi connectivity index (χ0) is 24.1. The van der Waals surface area contributed by atoms with E-state index in [4.69, 9.17) is 5.14 Å². The van der Waals surface area contributed by atoms with Gasteiger partial charge < -0.3 is 5.11 Å². The van der Waals surface area contributed by atoms with E-state index in [1.54, 1.807) is 11.8 Å². The van der Waals surface area contributed by atoms with Crippen molar-refractivity contribution in [3.63, 3.8) is 0 Å². The third kappa shape index (κ3) is 6.71. The van der Waals surface area contributed by atoms with Gasteiger partial charge in [0.1, 0.15) is 6.33 Å². The van der Waals surface area contributed by atoms with Crippen molar-refractivity contribution in [1.82, 2.24) is 9.97 Å². The predicted octanol–water partition coefficient (Wildman–Crippen LogP) is 3.21. The van der Waals surface area contributed by atoms with Crippen LogP contribution in [0.4, 0.5) is 0 Å². The highest BCUT2D eigenvalue weighted by Gasteiger charge is 2.35. The highest BCUT2D eigenvalue weighted by molar-refractivity contribution is 7.98. The van der Waals surface area contributed by atoms with Gasteiger partial charge in [-0.25, -0.2) is 15.1 Å². The molecule has 11 heteroatoms. The van der Waals surface area contributed by atoms with Crippen LogP contribution in [0.25, 0.3) is 0 Å². The molecule has 34 heavy (non-hydrogen) atoms. The molecule has 0 bridgehead atoms. The van der Waals surface area contributed by atoms with E-state index in [1.165, 1.54) is 28.8 Å². The second kappa shape index (κ2) is 11.1. The van der Waals surface area contributed by atoms with Gasteiger partial charge in [-0.1, -0.05) is 18.2 Å². The minimum atomic E-state index is -4.05. The molecule has 2 heterocycles. The Morgan fingerprint density at radius 3 is 2.82 bits per heavy atom. The third-order valence-electron chi connectivity index (χ3n) is 5.75. The van der Waals surface area contributed by atoms with Gasteiger partial charge in [0.25, 0.3) is 0 Å². The van der Waals surface area contributed by atoms with Gasteiger partial charge >= 0.3 is 10.3 Å². The Kier molecular flexibility index (Phi) is 8.12. The number of rotatable bonds is 10. The molecule has 180 valence electrons. The first-order valence-corrected chi connectivity index (χ1v) is 14.1. The van der Waals surface area contributed by atoms with Crippen molar-refractivity contribution in [2.75, 3.05) is 6.61 Å². The van der Waals surface area contributed by atoms with Gasteiger partial charge in [0.15, 0.2) is 0 Å². The molecule has 3 aromatic rings. The summed E-state index contributed by atoms with van der Waals surface area (Å²) in [6.45, 7) is -0.162. The molecular weight excluding hydrogens is 494 g/mol. The van der Waals surface area contributed by atoms with Gasteiger partial charge in [0.2, 0.25) is 5.78 Å². The number of hydrogen-bond donors (Lipinski definition) is 2. The number of aromatic nitrogens is 2. The number of aliphatic hydroxyl groups is 1. The quantitative estimate of drug-likeness (QED) is 0.308. The van der Waals surface area contributed by atoms with Crippen molar-refractivity contribution in [2.45, 2.75) is 36.0 Å². The van der Waals surface area contributed by atoms with Crippen molar-refractivity contribution in [3.05, 3.63) is 76.0 Å². The summed E-state index contributed by atoms with van der Waals surface area (Å²) < 4.78 is 26.8. The van der Waals surface area contributed by atoms with Crippen LogP contribution in [-0.2, 0) is 26.7 Å². The fraction of sp³-hybridized carbons (Fsp3) is 0.348. The summed E-state index contributed by atoms with van der Waals surface area (Å²) in [6, 6.07) is 12.0. The molecular formula is C23H25N3O5S3. The molecule has 0 spiro atoms. The first-order valence-electron chi connectivity index (χ1n) is 10.7. The van der Waals surface area contributed by atoms with Crippen LogP contribution in [-0.4, -0.2) is 42.0 Å². The second-order valence-corrected chi connectivity index (χ2v) is 11.5. The average molecular weight is 520 g/mol. The van der Waals surface area contributed by atoms with Crippen LogP contribution in [0.3, 0.4) is 0 Å². The Labute approximate surface area is 206 Å². The first kappa shape index (κ1) is 25.0. The van der Waals surface area contributed by atoms with Gasteiger partial charge in [-0.15, -0.1) is 23.1 Å². The predicted molar refractivity (Wildman–Crippen MR) is 131 cm³/mol. The zero-order valence-corrected chi connectivity index (χ0v) is 20.7. The van der Waals surface area contributed by atoms with E-state index in [0.29, 0.717) is 35.4 Å². The fourth-order valence-electron chi connectivity index (χ4n) is 4.11.